The molecule has 1 saturated heterocycles. The topological polar surface area (TPSA) is 61.8 Å². The number of rotatable bonds is 8. The molecule has 0 aromatic heterocycles. The van der Waals surface area contributed by atoms with Crippen LogP contribution in [-0.4, -0.2) is 31.5 Å². The van der Waals surface area contributed by atoms with Crippen LogP contribution in [-0.2, 0) is 37.0 Å². The zero-order valence-corrected chi connectivity index (χ0v) is 17.5. The van der Waals surface area contributed by atoms with Crippen molar-refractivity contribution in [1.82, 2.24) is 0 Å². The van der Waals surface area contributed by atoms with E-state index in [9.17, 15) is 9.59 Å². The van der Waals surface area contributed by atoms with E-state index < -0.39 is 11.5 Å². The SMILES string of the molecule is B[C@@H]1C2OC(CC)(CC(=O)OCc3ccccc3)C(C(=O)OCc3ccccc3)C21. The van der Waals surface area contributed by atoms with Crippen LogP contribution >= 0.6 is 0 Å². The number of hydrogen-bond donors (Lipinski definition) is 0. The van der Waals surface area contributed by atoms with Crippen molar-refractivity contribution in [3.05, 3.63) is 71.8 Å². The molecule has 1 aliphatic heterocycles. The molecule has 30 heavy (non-hydrogen) atoms. The minimum atomic E-state index is -0.858. The Morgan fingerprint density at radius 3 is 2.10 bits per heavy atom. The van der Waals surface area contributed by atoms with Crippen LogP contribution in [0.15, 0.2) is 60.7 Å². The highest BCUT2D eigenvalue weighted by molar-refractivity contribution is 6.15. The molecule has 2 fully saturated rings. The molecule has 0 amide bonds. The highest BCUT2D eigenvalue weighted by Gasteiger charge is 2.69. The molecule has 156 valence electrons. The molecule has 5 atom stereocenters. The Bertz CT molecular complexity index is 887. The van der Waals surface area contributed by atoms with Crippen LogP contribution in [0.1, 0.15) is 30.9 Å². The summed E-state index contributed by atoms with van der Waals surface area (Å²) in [5.41, 5.74) is 1.01. The van der Waals surface area contributed by atoms with Crippen LogP contribution < -0.4 is 0 Å². The van der Waals surface area contributed by atoms with Gasteiger partial charge in [-0.1, -0.05) is 67.6 Å². The van der Waals surface area contributed by atoms with E-state index in [-0.39, 0.29) is 43.6 Å². The standard InChI is InChI=1S/C24H27BO5/c1-2-24(13-18(26)28-14-16-9-5-3-6-10-16)20(19-21(25)22(19)30-24)23(27)29-15-17-11-7-4-8-12-17/h3-12,19-22H,2,13-15,25H2,1H3/t19?,20?,21-,22?,24?/m0/s1. The largest absolute Gasteiger partial charge is 0.461 e. The van der Waals surface area contributed by atoms with Crippen molar-refractivity contribution in [2.75, 3.05) is 0 Å². The van der Waals surface area contributed by atoms with Crippen molar-refractivity contribution < 1.29 is 23.8 Å². The minimum Gasteiger partial charge on any atom is -0.461 e. The highest BCUT2D eigenvalue weighted by Crippen LogP contribution is 2.63. The van der Waals surface area contributed by atoms with Gasteiger partial charge in [-0.3, -0.25) is 9.59 Å². The second-order valence-corrected chi connectivity index (χ2v) is 8.33. The molecular formula is C24H27BO5. The van der Waals surface area contributed by atoms with E-state index in [0.29, 0.717) is 12.2 Å². The van der Waals surface area contributed by atoms with Gasteiger partial charge in [0.2, 0.25) is 0 Å². The Kier molecular flexibility index (Phi) is 5.95. The van der Waals surface area contributed by atoms with Crippen molar-refractivity contribution in [1.29, 1.82) is 0 Å². The maximum atomic E-state index is 13.1. The van der Waals surface area contributed by atoms with E-state index in [1.54, 1.807) is 0 Å². The molecule has 5 nitrogen and oxygen atoms in total. The molecule has 4 rings (SSSR count). The molecule has 1 saturated carbocycles. The third-order valence-corrected chi connectivity index (χ3v) is 6.45. The van der Waals surface area contributed by atoms with Gasteiger partial charge in [-0.05, 0) is 29.3 Å². The summed E-state index contributed by atoms with van der Waals surface area (Å²) < 4.78 is 17.4. The van der Waals surface area contributed by atoms with E-state index in [2.05, 4.69) is 7.85 Å². The van der Waals surface area contributed by atoms with E-state index in [1.807, 2.05) is 67.6 Å². The average molecular weight is 406 g/mol. The van der Waals surface area contributed by atoms with Crippen molar-refractivity contribution >= 4 is 19.8 Å². The van der Waals surface area contributed by atoms with E-state index in [1.165, 1.54) is 0 Å². The lowest BCUT2D eigenvalue weighted by Gasteiger charge is -2.34. The summed E-state index contributed by atoms with van der Waals surface area (Å²) in [6.45, 7) is 2.39. The summed E-state index contributed by atoms with van der Waals surface area (Å²) in [6, 6.07) is 19.2. The molecule has 4 unspecified atom stereocenters. The number of hydrogen-bond acceptors (Lipinski definition) is 5. The van der Waals surface area contributed by atoms with Gasteiger partial charge >= 0.3 is 11.9 Å². The lowest BCUT2D eigenvalue weighted by atomic mass is 9.77. The fourth-order valence-corrected chi connectivity index (χ4v) is 4.63. The Balaban J connectivity index is 1.42. The second-order valence-electron chi connectivity index (χ2n) is 8.33. The van der Waals surface area contributed by atoms with Gasteiger partial charge in [-0.25, -0.2) is 0 Å². The zero-order valence-electron chi connectivity index (χ0n) is 17.5. The van der Waals surface area contributed by atoms with Crippen molar-refractivity contribution in [3.63, 3.8) is 0 Å². The summed E-state index contributed by atoms with van der Waals surface area (Å²) >= 11 is 0. The van der Waals surface area contributed by atoms with Gasteiger partial charge in [-0.15, -0.1) is 0 Å². The molecule has 1 heterocycles. The molecule has 0 spiro atoms. The zero-order chi connectivity index (χ0) is 21.1. The van der Waals surface area contributed by atoms with Crippen LogP contribution in [0.25, 0.3) is 0 Å². The fourth-order valence-electron chi connectivity index (χ4n) is 4.63. The van der Waals surface area contributed by atoms with Crippen LogP contribution in [0.4, 0.5) is 0 Å². The maximum Gasteiger partial charge on any atom is 0.312 e. The number of ether oxygens (including phenoxy) is 3. The Morgan fingerprint density at radius 2 is 1.53 bits per heavy atom. The van der Waals surface area contributed by atoms with Crippen LogP contribution in [0.5, 0.6) is 0 Å². The molecule has 6 heteroatoms. The third-order valence-electron chi connectivity index (χ3n) is 6.45. The lowest BCUT2D eigenvalue weighted by molar-refractivity contribution is -0.167. The first kappa shape index (κ1) is 20.7. The van der Waals surface area contributed by atoms with Gasteiger partial charge in [0.25, 0.3) is 0 Å². The van der Waals surface area contributed by atoms with Gasteiger partial charge in [0, 0.05) is 0 Å². The van der Waals surface area contributed by atoms with Gasteiger partial charge < -0.3 is 14.2 Å². The quantitative estimate of drug-likeness (QED) is 0.498. The second kappa shape index (κ2) is 8.64. The molecule has 0 bridgehead atoms. The van der Waals surface area contributed by atoms with Crippen LogP contribution in [0, 0.1) is 11.8 Å². The van der Waals surface area contributed by atoms with Gasteiger partial charge in [0.05, 0.1) is 24.0 Å². The molecular weight excluding hydrogens is 379 g/mol. The first-order valence-electron chi connectivity index (χ1n) is 10.6. The van der Waals surface area contributed by atoms with Crippen LogP contribution in [0.3, 0.4) is 0 Å². The predicted molar refractivity (Wildman–Crippen MR) is 114 cm³/mol. The van der Waals surface area contributed by atoms with Crippen LogP contribution in [0.2, 0.25) is 5.82 Å². The normalized spacial score (nSPS) is 29.1. The summed E-state index contributed by atoms with van der Waals surface area (Å²) in [4.78, 5) is 25.7. The average Bonchev–Trinajstić information content (AvgIpc) is 3.24. The molecule has 2 aliphatic rings. The maximum absolute atomic E-state index is 13.1. The number of carbonyl (C=O) groups excluding carboxylic acids is 2. The first-order valence-corrected chi connectivity index (χ1v) is 10.6. The Morgan fingerprint density at radius 1 is 0.967 bits per heavy atom. The van der Waals surface area contributed by atoms with Gasteiger partial charge in [0.1, 0.15) is 21.1 Å². The van der Waals surface area contributed by atoms with Crippen molar-refractivity contribution in [2.24, 2.45) is 11.8 Å². The number of carbonyl (C=O) groups is 2. The van der Waals surface area contributed by atoms with E-state index in [4.69, 9.17) is 14.2 Å². The van der Waals surface area contributed by atoms with Gasteiger partial charge in [0.15, 0.2) is 0 Å². The molecule has 1 aliphatic carbocycles. The lowest BCUT2D eigenvalue weighted by Crippen LogP contribution is -2.45. The van der Waals surface area contributed by atoms with Gasteiger partial charge in [-0.2, -0.15) is 0 Å². The monoisotopic (exact) mass is 406 g/mol. The Hall–Kier alpha value is -2.60. The fraction of sp³-hybridized carbons (Fsp3) is 0.417. The van der Waals surface area contributed by atoms with E-state index in [0.717, 1.165) is 11.1 Å². The summed E-state index contributed by atoms with van der Waals surface area (Å²) in [5, 5.41) is 0. The van der Waals surface area contributed by atoms with Crippen molar-refractivity contribution in [2.45, 2.75) is 50.5 Å². The van der Waals surface area contributed by atoms with Crippen molar-refractivity contribution in [3.8, 4) is 0 Å². The smallest absolute Gasteiger partial charge is 0.312 e. The summed E-state index contributed by atoms with van der Waals surface area (Å²) in [6.07, 6.45) is 0.625. The molecule has 0 N–H and O–H groups in total. The molecule has 2 aromatic carbocycles. The number of esters is 2. The molecule has 0 radical (unpaired) electrons. The molecule has 2 aromatic rings. The van der Waals surface area contributed by atoms with E-state index >= 15 is 0 Å². The number of fused-ring (bicyclic) bond motifs is 1. The Labute approximate surface area is 178 Å². The third kappa shape index (κ3) is 4.15. The summed E-state index contributed by atoms with van der Waals surface area (Å²) in [7, 11) is 2.08. The first-order chi connectivity index (χ1) is 14.5. The highest BCUT2D eigenvalue weighted by atomic mass is 16.6. The minimum absolute atomic E-state index is 0.0150. The predicted octanol–water partition coefficient (Wildman–Crippen LogP) is 3.08. The summed E-state index contributed by atoms with van der Waals surface area (Å²) in [5.74, 6) is -0.672. The number of benzene rings is 2.